The minimum Gasteiger partial charge on any atom is -0.292 e. The van der Waals surface area contributed by atoms with Crippen LogP contribution in [0.25, 0.3) is 0 Å². The van der Waals surface area contributed by atoms with E-state index in [4.69, 9.17) is 11.6 Å². The van der Waals surface area contributed by atoms with E-state index >= 15 is 0 Å². The first-order valence-electron chi connectivity index (χ1n) is 5.40. The molecule has 17 heavy (non-hydrogen) atoms. The molecule has 1 saturated heterocycles. The Hall–Kier alpha value is -0.880. The van der Waals surface area contributed by atoms with Gasteiger partial charge in [-0.2, -0.15) is 5.10 Å². The summed E-state index contributed by atoms with van der Waals surface area (Å²) < 4.78 is 24.2. The Morgan fingerprint density at radius 2 is 2.35 bits per heavy atom. The quantitative estimate of drug-likeness (QED) is 0.777. The van der Waals surface area contributed by atoms with Crippen LogP contribution in [-0.2, 0) is 16.4 Å². The normalized spacial score (nSPS) is 22.8. The summed E-state index contributed by atoms with van der Waals surface area (Å²) in [6.45, 7) is 2.39. The summed E-state index contributed by atoms with van der Waals surface area (Å²) in [5.41, 5.74) is 0.330. The molecule has 1 atom stereocenters. The molecule has 5 nitrogen and oxygen atoms in total. The molecule has 7 heteroatoms. The van der Waals surface area contributed by atoms with E-state index < -0.39 is 15.8 Å². The van der Waals surface area contributed by atoms with Gasteiger partial charge in [-0.3, -0.25) is 9.48 Å². The van der Waals surface area contributed by atoms with Gasteiger partial charge < -0.3 is 0 Å². The Morgan fingerprint density at radius 3 is 2.88 bits per heavy atom. The number of halogens is 1. The maximum absolute atomic E-state index is 12.2. The molecule has 0 bridgehead atoms. The van der Waals surface area contributed by atoms with Crippen molar-refractivity contribution in [3.05, 3.63) is 16.9 Å². The number of aromatic nitrogens is 2. The Morgan fingerprint density at radius 1 is 1.65 bits per heavy atom. The first-order chi connectivity index (χ1) is 7.94. The molecule has 2 heterocycles. The summed E-state index contributed by atoms with van der Waals surface area (Å²) in [5.74, 6) is -0.673. The SMILES string of the molecule is CCn1ncc(Cl)c1C(=O)C1CCS(=O)(=O)C1. The molecular weight excluding hydrogens is 264 g/mol. The Balaban J connectivity index is 2.29. The molecule has 0 N–H and O–H groups in total. The number of ketones is 1. The van der Waals surface area contributed by atoms with Gasteiger partial charge in [-0.15, -0.1) is 0 Å². The molecule has 94 valence electrons. The van der Waals surface area contributed by atoms with Crippen molar-refractivity contribution in [2.75, 3.05) is 11.5 Å². The fourth-order valence-electron chi connectivity index (χ4n) is 2.04. The molecule has 1 aromatic heterocycles. The van der Waals surface area contributed by atoms with Crippen LogP contribution in [0.1, 0.15) is 23.8 Å². The number of carbonyl (C=O) groups is 1. The van der Waals surface area contributed by atoms with Crippen molar-refractivity contribution in [3.8, 4) is 0 Å². The van der Waals surface area contributed by atoms with Crippen molar-refractivity contribution in [1.82, 2.24) is 9.78 Å². The Bertz CT molecular complexity index is 550. The van der Waals surface area contributed by atoms with Gasteiger partial charge in [0.1, 0.15) is 5.69 Å². The van der Waals surface area contributed by atoms with E-state index in [0.717, 1.165) is 0 Å². The molecule has 0 radical (unpaired) electrons. The van der Waals surface area contributed by atoms with Crippen molar-refractivity contribution in [1.29, 1.82) is 0 Å². The van der Waals surface area contributed by atoms with Gasteiger partial charge in [0, 0.05) is 12.5 Å². The number of rotatable bonds is 3. The van der Waals surface area contributed by atoms with Gasteiger partial charge in [0.05, 0.1) is 22.7 Å². The molecule has 0 saturated carbocycles. The van der Waals surface area contributed by atoms with E-state index in [2.05, 4.69) is 5.10 Å². The van der Waals surface area contributed by atoms with Crippen molar-refractivity contribution in [3.63, 3.8) is 0 Å². The summed E-state index contributed by atoms with van der Waals surface area (Å²) in [5, 5.41) is 4.27. The lowest BCUT2D eigenvalue weighted by molar-refractivity contribution is 0.0922. The molecule has 0 aromatic carbocycles. The summed E-state index contributed by atoms with van der Waals surface area (Å²) in [7, 11) is -3.06. The smallest absolute Gasteiger partial charge is 0.186 e. The molecular formula is C10H13ClN2O3S. The number of carbonyl (C=O) groups excluding carboxylic acids is 1. The molecule has 1 aromatic rings. The molecule has 1 unspecified atom stereocenters. The Kier molecular flexibility index (Phi) is 3.27. The van der Waals surface area contributed by atoms with Crippen LogP contribution in [0, 0.1) is 5.92 Å². The van der Waals surface area contributed by atoms with E-state index in [1.807, 2.05) is 6.92 Å². The summed E-state index contributed by atoms with van der Waals surface area (Å²) in [6, 6.07) is 0. The average Bonchev–Trinajstić information content (AvgIpc) is 2.80. The number of hydrogen-bond acceptors (Lipinski definition) is 4. The van der Waals surface area contributed by atoms with Crippen molar-refractivity contribution >= 4 is 27.2 Å². The van der Waals surface area contributed by atoms with E-state index in [1.54, 1.807) is 0 Å². The van der Waals surface area contributed by atoms with E-state index in [9.17, 15) is 13.2 Å². The topological polar surface area (TPSA) is 69.0 Å². The predicted octanol–water partition coefficient (Wildman–Crippen LogP) is 1.17. The zero-order valence-electron chi connectivity index (χ0n) is 9.39. The second-order valence-electron chi connectivity index (χ2n) is 4.12. The second-order valence-corrected chi connectivity index (χ2v) is 6.76. The predicted molar refractivity (Wildman–Crippen MR) is 64.0 cm³/mol. The van der Waals surface area contributed by atoms with Gasteiger partial charge in [-0.25, -0.2) is 8.42 Å². The third kappa shape index (κ3) is 2.37. The minimum atomic E-state index is -3.06. The number of hydrogen-bond donors (Lipinski definition) is 0. The van der Waals surface area contributed by atoms with Crippen LogP contribution in [-0.4, -0.2) is 35.5 Å². The highest BCUT2D eigenvalue weighted by molar-refractivity contribution is 7.91. The zero-order valence-corrected chi connectivity index (χ0v) is 11.0. The molecule has 0 amide bonds. The van der Waals surface area contributed by atoms with Crippen LogP contribution in [0.15, 0.2) is 6.20 Å². The fourth-order valence-corrected chi connectivity index (χ4v) is 4.02. The lowest BCUT2D eigenvalue weighted by atomic mass is 10.0. The third-order valence-electron chi connectivity index (χ3n) is 2.93. The number of sulfone groups is 1. The Labute approximate surface area is 105 Å². The molecule has 0 aliphatic carbocycles. The van der Waals surface area contributed by atoms with E-state index in [-0.39, 0.29) is 17.3 Å². The first-order valence-corrected chi connectivity index (χ1v) is 7.60. The van der Waals surface area contributed by atoms with Crippen LogP contribution in [0.3, 0.4) is 0 Å². The van der Waals surface area contributed by atoms with Crippen molar-refractivity contribution < 1.29 is 13.2 Å². The van der Waals surface area contributed by atoms with Crippen molar-refractivity contribution in [2.24, 2.45) is 5.92 Å². The summed E-state index contributed by atoms with van der Waals surface area (Å²) >= 11 is 5.91. The van der Waals surface area contributed by atoms with Gasteiger partial charge in [0.25, 0.3) is 0 Å². The molecule has 2 rings (SSSR count). The average molecular weight is 277 g/mol. The van der Waals surface area contributed by atoms with Gasteiger partial charge in [0.15, 0.2) is 15.6 Å². The molecule has 1 aliphatic heterocycles. The number of aryl methyl sites for hydroxylation is 1. The van der Waals surface area contributed by atoms with Gasteiger partial charge >= 0.3 is 0 Å². The van der Waals surface area contributed by atoms with Crippen LogP contribution in [0.5, 0.6) is 0 Å². The molecule has 1 fully saturated rings. The second kappa shape index (κ2) is 4.42. The van der Waals surface area contributed by atoms with E-state index in [1.165, 1.54) is 10.9 Å². The lowest BCUT2D eigenvalue weighted by Crippen LogP contribution is -2.20. The monoisotopic (exact) mass is 276 g/mol. The highest BCUT2D eigenvalue weighted by Gasteiger charge is 2.35. The number of nitrogens with zero attached hydrogens (tertiary/aromatic N) is 2. The lowest BCUT2D eigenvalue weighted by Gasteiger charge is -2.08. The van der Waals surface area contributed by atoms with Crippen LogP contribution >= 0.6 is 11.6 Å². The number of Topliss-reactive ketones (excluding diaryl/α,β-unsaturated/α-hetero) is 1. The molecule has 0 spiro atoms. The summed E-state index contributed by atoms with van der Waals surface area (Å²) in [4.78, 5) is 12.2. The zero-order chi connectivity index (χ0) is 12.6. The van der Waals surface area contributed by atoms with E-state index in [0.29, 0.717) is 23.7 Å². The largest absolute Gasteiger partial charge is 0.292 e. The van der Waals surface area contributed by atoms with Gasteiger partial charge in [-0.05, 0) is 13.3 Å². The van der Waals surface area contributed by atoms with Gasteiger partial charge in [-0.1, -0.05) is 11.6 Å². The standard InChI is InChI=1S/C10H13ClN2O3S/c1-2-13-9(8(11)5-12-13)10(14)7-3-4-17(15,16)6-7/h5,7H,2-4,6H2,1H3. The van der Waals surface area contributed by atoms with Gasteiger partial charge in [0.2, 0.25) is 0 Å². The highest BCUT2D eigenvalue weighted by Crippen LogP contribution is 2.26. The third-order valence-corrected chi connectivity index (χ3v) is 4.98. The van der Waals surface area contributed by atoms with Crippen LogP contribution < -0.4 is 0 Å². The maximum Gasteiger partial charge on any atom is 0.186 e. The fraction of sp³-hybridized carbons (Fsp3) is 0.600. The first kappa shape index (κ1) is 12.6. The molecule has 1 aliphatic rings. The van der Waals surface area contributed by atoms with Crippen molar-refractivity contribution in [2.45, 2.75) is 19.9 Å². The highest BCUT2D eigenvalue weighted by atomic mass is 35.5. The summed E-state index contributed by atoms with van der Waals surface area (Å²) in [6.07, 6.45) is 1.80. The maximum atomic E-state index is 12.2. The van der Waals surface area contributed by atoms with Crippen LogP contribution in [0.4, 0.5) is 0 Å². The minimum absolute atomic E-state index is 0.0724. The van der Waals surface area contributed by atoms with Crippen LogP contribution in [0.2, 0.25) is 5.02 Å².